The number of aliphatic hydroxyl groups excluding tert-OH is 3. The lowest BCUT2D eigenvalue weighted by Crippen LogP contribution is -2.25. The molecule has 3 N–H and O–H groups in total. The molecule has 0 aromatic heterocycles. The normalized spacial score (nSPS) is 17.3. The van der Waals surface area contributed by atoms with Crippen molar-refractivity contribution >= 4 is 0 Å². The van der Waals surface area contributed by atoms with E-state index in [0.717, 1.165) is 0 Å². The highest BCUT2D eigenvalue weighted by atomic mass is 16.3. The minimum atomic E-state index is -0.826. The zero-order valence-electron chi connectivity index (χ0n) is 5.32. The predicted molar refractivity (Wildman–Crippen MR) is 33.7 cm³/mol. The summed E-state index contributed by atoms with van der Waals surface area (Å²) in [6, 6.07) is 0. The van der Waals surface area contributed by atoms with Gasteiger partial charge in [0.2, 0.25) is 0 Å². The molecular weight excluding hydrogens is 120 g/mol. The Labute approximate surface area is 54.9 Å². The molecule has 0 saturated heterocycles. The monoisotopic (exact) mass is 133 g/mol. The first-order valence-electron chi connectivity index (χ1n) is 2.98. The number of hydrogen-bond acceptors (Lipinski definition) is 3. The summed E-state index contributed by atoms with van der Waals surface area (Å²) in [4.78, 5) is 0. The minimum Gasteiger partial charge on any atom is -0.396 e. The van der Waals surface area contributed by atoms with Crippen LogP contribution in [0.4, 0.5) is 0 Å². The van der Waals surface area contributed by atoms with Crippen LogP contribution < -0.4 is 0 Å². The van der Waals surface area contributed by atoms with Crippen LogP contribution in [0.1, 0.15) is 12.8 Å². The van der Waals surface area contributed by atoms with Crippen molar-refractivity contribution in [3.8, 4) is 0 Å². The van der Waals surface area contributed by atoms with Crippen LogP contribution in [0.25, 0.3) is 0 Å². The Bertz CT molecular complexity index is 65.3. The van der Waals surface area contributed by atoms with E-state index in [-0.39, 0.29) is 19.4 Å². The molecule has 0 spiro atoms. The molecule has 0 heterocycles. The van der Waals surface area contributed by atoms with E-state index in [2.05, 4.69) is 6.92 Å². The van der Waals surface area contributed by atoms with Crippen LogP contribution >= 0.6 is 0 Å². The fourth-order valence-electron chi connectivity index (χ4n) is 0.517. The van der Waals surface area contributed by atoms with Gasteiger partial charge in [-0.2, -0.15) is 0 Å². The van der Waals surface area contributed by atoms with Crippen molar-refractivity contribution in [2.24, 2.45) is 0 Å². The number of aliphatic hydroxyl groups is 3. The van der Waals surface area contributed by atoms with Gasteiger partial charge in [-0.15, -0.1) is 0 Å². The largest absolute Gasteiger partial charge is 0.396 e. The lowest BCUT2D eigenvalue weighted by molar-refractivity contribution is 0.00708. The SMILES string of the molecule is [CH2]CC(O)C(O)CCO. The molecule has 2 unspecified atom stereocenters. The third kappa shape index (κ3) is 3.46. The average molecular weight is 133 g/mol. The molecule has 0 aromatic rings. The summed E-state index contributed by atoms with van der Waals surface area (Å²) in [5, 5.41) is 26.0. The molecule has 2 atom stereocenters. The molecule has 0 saturated carbocycles. The molecule has 0 aliphatic heterocycles. The van der Waals surface area contributed by atoms with Crippen LogP contribution in [0.5, 0.6) is 0 Å². The standard InChI is InChI=1S/C6H13O3/c1-2-5(8)6(9)3-4-7/h5-9H,1-4H2. The zero-order chi connectivity index (χ0) is 7.28. The molecule has 0 bridgehead atoms. The topological polar surface area (TPSA) is 60.7 Å². The molecule has 0 aliphatic rings. The van der Waals surface area contributed by atoms with Crippen LogP contribution in [0.3, 0.4) is 0 Å². The molecular formula is C6H13O3. The molecule has 1 radical (unpaired) electrons. The summed E-state index contributed by atoms with van der Waals surface area (Å²) in [6.07, 6.45) is -1.12. The summed E-state index contributed by atoms with van der Waals surface area (Å²) in [5.41, 5.74) is 0. The second kappa shape index (κ2) is 4.73. The van der Waals surface area contributed by atoms with Gasteiger partial charge in [-0.05, 0) is 12.8 Å². The van der Waals surface area contributed by atoms with Crippen molar-refractivity contribution in [1.29, 1.82) is 0 Å². The van der Waals surface area contributed by atoms with Gasteiger partial charge in [-0.1, -0.05) is 6.92 Å². The number of rotatable bonds is 4. The van der Waals surface area contributed by atoms with E-state index in [9.17, 15) is 0 Å². The van der Waals surface area contributed by atoms with E-state index in [4.69, 9.17) is 15.3 Å². The lowest BCUT2D eigenvalue weighted by Gasteiger charge is -2.13. The van der Waals surface area contributed by atoms with Crippen molar-refractivity contribution in [3.05, 3.63) is 6.92 Å². The van der Waals surface area contributed by atoms with E-state index in [1.807, 2.05) is 0 Å². The maximum Gasteiger partial charge on any atom is 0.0820 e. The van der Waals surface area contributed by atoms with Crippen LogP contribution in [0.15, 0.2) is 0 Å². The maximum absolute atomic E-state index is 8.87. The van der Waals surface area contributed by atoms with E-state index >= 15 is 0 Å². The molecule has 9 heavy (non-hydrogen) atoms. The highest BCUT2D eigenvalue weighted by Crippen LogP contribution is 2.00. The summed E-state index contributed by atoms with van der Waals surface area (Å²) in [6.45, 7) is 3.30. The van der Waals surface area contributed by atoms with Gasteiger partial charge in [0.25, 0.3) is 0 Å². The van der Waals surface area contributed by atoms with Crippen molar-refractivity contribution in [3.63, 3.8) is 0 Å². The Kier molecular flexibility index (Phi) is 4.67. The van der Waals surface area contributed by atoms with Gasteiger partial charge in [0.1, 0.15) is 0 Å². The van der Waals surface area contributed by atoms with Crippen LogP contribution in [-0.2, 0) is 0 Å². The molecule has 55 valence electrons. The first-order valence-corrected chi connectivity index (χ1v) is 2.98. The summed E-state index contributed by atoms with van der Waals surface area (Å²) in [7, 11) is 0. The molecule has 3 heteroatoms. The number of hydrogen-bond donors (Lipinski definition) is 3. The second-order valence-corrected chi connectivity index (χ2v) is 1.94. The Balaban J connectivity index is 3.32. The van der Waals surface area contributed by atoms with Gasteiger partial charge in [-0.25, -0.2) is 0 Å². The first-order chi connectivity index (χ1) is 4.22. The van der Waals surface area contributed by atoms with E-state index in [0.29, 0.717) is 0 Å². The van der Waals surface area contributed by atoms with Crippen molar-refractivity contribution in [2.75, 3.05) is 6.61 Å². The van der Waals surface area contributed by atoms with Gasteiger partial charge in [0.15, 0.2) is 0 Å². The van der Waals surface area contributed by atoms with E-state index in [1.165, 1.54) is 0 Å². The van der Waals surface area contributed by atoms with Crippen molar-refractivity contribution < 1.29 is 15.3 Å². The van der Waals surface area contributed by atoms with Gasteiger partial charge < -0.3 is 15.3 Å². The Morgan fingerprint density at radius 2 is 1.78 bits per heavy atom. The van der Waals surface area contributed by atoms with Crippen molar-refractivity contribution in [1.82, 2.24) is 0 Å². The third-order valence-corrected chi connectivity index (χ3v) is 1.16. The van der Waals surface area contributed by atoms with Gasteiger partial charge in [0, 0.05) is 6.61 Å². The molecule has 0 rings (SSSR count). The molecule has 0 amide bonds. The maximum atomic E-state index is 8.87. The second-order valence-electron chi connectivity index (χ2n) is 1.94. The zero-order valence-corrected chi connectivity index (χ0v) is 5.32. The summed E-state index contributed by atoms with van der Waals surface area (Å²) in [5.74, 6) is 0. The fourth-order valence-corrected chi connectivity index (χ4v) is 0.517. The van der Waals surface area contributed by atoms with Gasteiger partial charge in [0.05, 0.1) is 12.2 Å². The lowest BCUT2D eigenvalue weighted by atomic mass is 10.1. The van der Waals surface area contributed by atoms with E-state index in [1.54, 1.807) is 0 Å². The molecule has 0 fully saturated rings. The minimum absolute atomic E-state index is 0.0990. The Morgan fingerprint density at radius 1 is 1.22 bits per heavy atom. The highest BCUT2D eigenvalue weighted by Gasteiger charge is 2.11. The summed E-state index contributed by atoms with van der Waals surface area (Å²) >= 11 is 0. The van der Waals surface area contributed by atoms with E-state index < -0.39 is 12.2 Å². The average Bonchev–Trinajstić information content (AvgIpc) is 1.87. The summed E-state index contributed by atoms with van der Waals surface area (Å²) < 4.78 is 0. The van der Waals surface area contributed by atoms with Crippen LogP contribution in [0, 0.1) is 6.92 Å². The van der Waals surface area contributed by atoms with Gasteiger partial charge in [-0.3, -0.25) is 0 Å². The highest BCUT2D eigenvalue weighted by molar-refractivity contribution is 4.66. The Hall–Kier alpha value is -0.120. The Morgan fingerprint density at radius 3 is 2.11 bits per heavy atom. The molecule has 3 nitrogen and oxygen atoms in total. The van der Waals surface area contributed by atoms with Crippen molar-refractivity contribution in [2.45, 2.75) is 25.0 Å². The van der Waals surface area contributed by atoms with Crippen LogP contribution in [0.2, 0.25) is 0 Å². The first kappa shape index (κ1) is 8.88. The molecule has 0 aliphatic carbocycles. The molecule has 0 aromatic carbocycles. The quantitative estimate of drug-likeness (QED) is 0.476. The third-order valence-electron chi connectivity index (χ3n) is 1.16. The predicted octanol–water partition coefficient (Wildman–Crippen LogP) is -0.685. The smallest absolute Gasteiger partial charge is 0.0820 e. The van der Waals surface area contributed by atoms with Gasteiger partial charge >= 0.3 is 0 Å². The van der Waals surface area contributed by atoms with Crippen LogP contribution in [-0.4, -0.2) is 34.1 Å². The fraction of sp³-hybridized carbons (Fsp3) is 0.833.